The van der Waals surface area contributed by atoms with Crippen molar-refractivity contribution in [3.63, 3.8) is 0 Å². The molecule has 0 N–H and O–H groups in total. The molecule has 0 atom stereocenters. The molecule has 0 aromatic heterocycles. The van der Waals surface area contributed by atoms with Crippen LogP contribution in [0.15, 0.2) is 109 Å². The zero-order valence-electron chi connectivity index (χ0n) is 18.4. The van der Waals surface area contributed by atoms with E-state index in [1.807, 2.05) is 0 Å². The van der Waals surface area contributed by atoms with Gasteiger partial charge in [-0.05, 0) is 79.5 Å². The minimum absolute atomic E-state index is 1.28. The van der Waals surface area contributed by atoms with Gasteiger partial charge in [-0.1, -0.05) is 109 Å². The maximum atomic E-state index is 2.27. The first kappa shape index (κ1) is 18.8. The van der Waals surface area contributed by atoms with Crippen LogP contribution in [0.25, 0.3) is 54.6 Å². The third-order valence-electron chi connectivity index (χ3n) is 6.74. The molecule has 6 aromatic carbocycles. The normalized spacial score (nSPS) is 11.4. The lowest BCUT2D eigenvalue weighted by molar-refractivity contribution is 1.49. The zero-order chi connectivity index (χ0) is 21.7. The second kappa shape index (κ2) is 7.35. The van der Waals surface area contributed by atoms with Gasteiger partial charge < -0.3 is 0 Å². The molecule has 0 fully saturated rings. The largest absolute Gasteiger partial charge is 0.0616 e. The quantitative estimate of drug-likeness (QED) is 0.268. The van der Waals surface area contributed by atoms with Gasteiger partial charge in [-0.2, -0.15) is 0 Å². The monoisotopic (exact) mass is 408 g/mol. The van der Waals surface area contributed by atoms with E-state index in [1.54, 1.807) is 0 Å². The van der Waals surface area contributed by atoms with E-state index >= 15 is 0 Å². The number of benzene rings is 6. The first-order valence-corrected chi connectivity index (χ1v) is 11.2. The molecule has 6 rings (SSSR count). The van der Waals surface area contributed by atoms with Crippen LogP contribution < -0.4 is 0 Å². The van der Waals surface area contributed by atoms with Crippen LogP contribution >= 0.6 is 0 Å². The lowest BCUT2D eigenvalue weighted by Crippen LogP contribution is -1.91. The molecular weight excluding hydrogens is 384 g/mol. The van der Waals surface area contributed by atoms with E-state index in [0.29, 0.717) is 0 Å². The minimum Gasteiger partial charge on any atom is -0.0616 e. The van der Waals surface area contributed by atoms with Crippen molar-refractivity contribution >= 4 is 32.3 Å². The molecule has 0 aliphatic heterocycles. The minimum atomic E-state index is 1.28. The van der Waals surface area contributed by atoms with Crippen molar-refractivity contribution in [3.8, 4) is 22.3 Å². The summed E-state index contributed by atoms with van der Waals surface area (Å²) in [5, 5.41) is 7.80. The van der Waals surface area contributed by atoms with Crippen LogP contribution in [0, 0.1) is 13.8 Å². The lowest BCUT2D eigenvalue weighted by Gasteiger charge is -2.17. The van der Waals surface area contributed by atoms with E-state index in [0.717, 1.165) is 0 Å². The molecule has 0 heteroatoms. The van der Waals surface area contributed by atoms with Crippen LogP contribution in [0.5, 0.6) is 0 Å². The van der Waals surface area contributed by atoms with E-state index in [4.69, 9.17) is 0 Å². The molecule has 0 aliphatic carbocycles. The molecular formula is C32H24. The fraction of sp³-hybridized carbons (Fsp3) is 0.0625. The molecule has 0 bridgehead atoms. The molecule has 0 spiro atoms. The van der Waals surface area contributed by atoms with Crippen molar-refractivity contribution in [1.82, 2.24) is 0 Å². The van der Waals surface area contributed by atoms with Crippen LogP contribution in [-0.2, 0) is 0 Å². The van der Waals surface area contributed by atoms with Gasteiger partial charge in [0.2, 0.25) is 0 Å². The molecule has 32 heavy (non-hydrogen) atoms. The highest BCUT2D eigenvalue weighted by Crippen LogP contribution is 2.41. The van der Waals surface area contributed by atoms with E-state index in [-0.39, 0.29) is 0 Å². The highest BCUT2D eigenvalue weighted by Gasteiger charge is 2.15. The van der Waals surface area contributed by atoms with Crippen molar-refractivity contribution in [2.24, 2.45) is 0 Å². The summed E-state index contributed by atoms with van der Waals surface area (Å²) in [6.45, 7) is 4.44. The summed E-state index contributed by atoms with van der Waals surface area (Å²) in [7, 11) is 0. The number of hydrogen-bond acceptors (Lipinski definition) is 0. The zero-order valence-corrected chi connectivity index (χ0v) is 18.4. The Morgan fingerprint density at radius 3 is 1.22 bits per heavy atom. The predicted octanol–water partition coefficient (Wildman–Crippen LogP) is 9.10. The highest BCUT2D eigenvalue weighted by atomic mass is 14.2. The van der Waals surface area contributed by atoms with Gasteiger partial charge in [0.25, 0.3) is 0 Å². The fourth-order valence-corrected chi connectivity index (χ4v) is 5.22. The van der Waals surface area contributed by atoms with Crippen molar-refractivity contribution in [1.29, 1.82) is 0 Å². The third kappa shape index (κ3) is 2.84. The Kier molecular flexibility index (Phi) is 4.33. The van der Waals surface area contributed by atoms with E-state index < -0.39 is 0 Å². The van der Waals surface area contributed by atoms with Crippen LogP contribution in [0.4, 0.5) is 0 Å². The van der Waals surface area contributed by atoms with Gasteiger partial charge in [0, 0.05) is 0 Å². The van der Waals surface area contributed by atoms with E-state index in [1.165, 1.54) is 65.7 Å². The van der Waals surface area contributed by atoms with Gasteiger partial charge in [-0.3, -0.25) is 0 Å². The SMILES string of the molecule is Cc1ccc2ccccc2c1-c1cccc2c(-c3c(C)ccc4ccccc34)cccc12. The summed E-state index contributed by atoms with van der Waals surface area (Å²) in [6, 6.07) is 39.9. The number of aryl methyl sites for hydroxylation is 2. The molecule has 0 amide bonds. The molecule has 0 aliphatic rings. The molecule has 0 unspecified atom stereocenters. The Bertz CT molecular complexity index is 1510. The van der Waals surface area contributed by atoms with Crippen molar-refractivity contribution in [2.45, 2.75) is 13.8 Å². The van der Waals surface area contributed by atoms with Crippen molar-refractivity contribution in [3.05, 3.63) is 120 Å². The second-order valence-electron chi connectivity index (χ2n) is 8.66. The summed E-state index contributed by atoms with van der Waals surface area (Å²) in [6.07, 6.45) is 0. The Labute approximate surface area is 188 Å². The first-order chi connectivity index (χ1) is 15.7. The maximum absolute atomic E-state index is 2.27. The summed E-state index contributed by atoms with van der Waals surface area (Å²) in [5.74, 6) is 0. The molecule has 0 radical (unpaired) electrons. The first-order valence-electron chi connectivity index (χ1n) is 11.2. The van der Waals surface area contributed by atoms with Crippen molar-refractivity contribution in [2.75, 3.05) is 0 Å². The number of fused-ring (bicyclic) bond motifs is 3. The second-order valence-corrected chi connectivity index (χ2v) is 8.66. The van der Waals surface area contributed by atoms with Gasteiger partial charge in [0.05, 0.1) is 0 Å². The average Bonchev–Trinajstić information content (AvgIpc) is 2.83. The molecule has 0 saturated carbocycles. The number of hydrogen-bond donors (Lipinski definition) is 0. The molecule has 0 nitrogen and oxygen atoms in total. The van der Waals surface area contributed by atoms with Gasteiger partial charge in [-0.15, -0.1) is 0 Å². The summed E-state index contributed by atoms with van der Waals surface area (Å²) >= 11 is 0. The molecule has 152 valence electrons. The van der Waals surface area contributed by atoms with Crippen molar-refractivity contribution < 1.29 is 0 Å². The fourth-order valence-electron chi connectivity index (χ4n) is 5.22. The van der Waals surface area contributed by atoms with Gasteiger partial charge >= 0.3 is 0 Å². The predicted molar refractivity (Wildman–Crippen MR) is 139 cm³/mol. The molecule has 0 saturated heterocycles. The van der Waals surface area contributed by atoms with Gasteiger partial charge in [0.1, 0.15) is 0 Å². The average molecular weight is 409 g/mol. The van der Waals surface area contributed by atoms with Crippen LogP contribution in [0.2, 0.25) is 0 Å². The summed E-state index contributed by atoms with van der Waals surface area (Å²) < 4.78 is 0. The van der Waals surface area contributed by atoms with E-state index in [9.17, 15) is 0 Å². The Morgan fingerprint density at radius 2 is 0.750 bits per heavy atom. The Morgan fingerprint density at radius 1 is 0.344 bits per heavy atom. The third-order valence-corrected chi connectivity index (χ3v) is 6.74. The molecule has 0 heterocycles. The lowest BCUT2D eigenvalue weighted by atomic mass is 9.87. The smallest absolute Gasteiger partial charge is 0.00699 e. The Hall–Kier alpha value is -3.90. The van der Waals surface area contributed by atoms with Crippen LogP contribution in [-0.4, -0.2) is 0 Å². The van der Waals surface area contributed by atoms with E-state index in [2.05, 4.69) is 123 Å². The van der Waals surface area contributed by atoms with Crippen LogP contribution in [0.3, 0.4) is 0 Å². The van der Waals surface area contributed by atoms with Crippen LogP contribution in [0.1, 0.15) is 11.1 Å². The van der Waals surface area contributed by atoms with Gasteiger partial charge in [0.15, 0.2) is 0 Å². The maximum Gasteiger partial charge on any atom is -0.00699 e. The number of rotatable bonds is 2. The Balaban J connectivity index is 1.71. The summed E-state index contributed by atoms with van der Waals surface area (Å²) in [5.41, 5.74) is 7.89. The van der Waals surface area contributed by atoms with Gasteiger partial charge in [-0.25, -0.2) is 0 Å². The highest BCUT2D eigenvalue weighted by molar-refractivity contribution is 6.12. The molecule has 6 aromatic rings. The summed E-state index contributed by atoms with van der Waals surface area (Å²) in [4.78, 5) is 0. The topological polar surface area (TPSA) is 0 Å². The standard InChI is InChI=1S/C32H24/c1-21-17-19-23-9-3-5-11-25(23)31(21)29-15-7-14-28-27(29)13-8-16-30(28)32-22(2)18-20-24-10-4-6-12-26(24)32/h3-20H,1-2H3.